The van der Waals surface area contributed by atoms with Crippen molar-refractivity contribution in [2.24, 2.45) is 0 Å². The van der Waals surface area contributed by atoms with Gasteiger partial charge in [-0.2, -0.15) is 4.89 Å². The lowest BCUT2D eigenvalue weighted by Crippen LogP contribution is -2.32. The third-order valence-corrected chi connectivity index (χ3v) is 3.42. The molecular formula is C15H31NO5. The monoisotopic (exact) mass is 305 g/mol. The van der Waals surface area contributed by atoms with Crippen LogP contribution < -0.4 is 5.32 Å². The van der Waals surface area contributed by atoms with Gasteiger partial charge in [0.05, 0.1) is 0 Å². The number of hydrogen-bond donors (Lipinski definition) is 3. The van der Waals surface area contributed by atoms with Gasteiger partial charge in [0.15, 0.2) is 0 Å². The standard InChI is InChI=1S/C15H31NO5/c1-2-3-4-5-6-7-10-13-16-14(20-21-19)11-8-9-12-15(17)18/h14,16,19H,2-13H2,1H3,(H,17,18). The van der Waals surface area contributed by atoms with Crippen molar-refractivity contribution in [3.63, 3.8) is 0 Å². The smallest absolute Gasteiger partial charge is 0.303 e. The molecule has 0 spiro atoms. The maximum Gasteiger partial charge on any atom is 0.303 e. The van der Waals surface area contributed by atoms with Crippen LogP contribution >= 0.6 is 0 Å². The van der Waals surface area contributed by atoms with E-state index < -0.39 is 5.97 Å². The Morgan fingerprint density at radius 2 is 1.71 bits per heavy atom. The Hall–Kier alpha value is -0.690. The topological polar surface area (TPSA) is 88.0 Å². The summed E-state index contributed by atoms with van der Waals surface area (Å²) < 4.78 is 0. The number of carboxylic acids is 1. The van der Waals surface area contributed by atoms with Crippen molar-refractivity contribution in [1.82, 2.24) is 5.32 Å². The second-order valence-electron chi connectivity index (χ2n) is 5.37. The molecule has 1 atom stereocenters. The van der Waals surface area contributed by atoms with E-state index in [1.807, 2.05) is 0 Å². The molecule has 6 heteroatoms. The SMILES string of the molecule is CCCCCCCCCNC(CCCCC(=O)O)OOO. The predicted molar refractivity (Wildman–Crippen MR) is 80.7 cm³/mol. The summed E-state index contributed by atoms with van der Waals surface area (Å²) in [6.45, 7) is 3.02. The molecule has 126 valence electrons. The molecule has 0 saturated carbocycles. The summed E-state index contributed by atoms with van der Waals surface area (Å²) >= 11 is 0. The highest BCUT2D eigenvalue weighted by atomic mass is 17.5. The molecule has 21 heavy (non-hydrogen) atoms. The highest BCUT2D eigenvalue weighted by Gasteiger charge is 2.09. The number of carbonyl (C=O) groups is 1. The van der Waals surface area contributed by atoms with Gasteiger partial charge in [0, 0.05) is 6.42 Å². The number of aliphatic carboxylic acids is 1. The third kappa shape index (κ3) is 15.5. The second-order valence-corrected chi connectivity index (χ2v) is 5.37. The van der Waals surface area contributed by atoms with E-state index in [-0.39, 0.29) is 12.6 Å². The fourth-order valence-electron chi connectivity index (χ4n) is 2.19. The summed E-state index contributed by atoms with van der Waals surface area (Å²) in [5.74, 6) is -0.790. The van der Waals surface area contributed by atoms with Crippen molar-refractivity contribution in [2.75, 3.05) is 6.54 Å². The molecule has 0 aromatic carbocycles. The zero-order chi connectivity index (χ0) is 15.8. The van der Waals surface area contributed by atoms with E-state index in [0.29, 0.717) is 19.3 Å². The number of unbranched alkanes of at least 4 members (excludes halogenated alkanes) is 7. The van der Waals surface area contributed by atoms with Gasteiger partial charge < -0.3 is 5.11 Å². The summed E-state index contributed by atoms with van der Waals surface area (Å²) in [7, 11) is 0. The fourth-order valence-corrected chi connectivity index (χ4v) is 2.19. The largest absolute Gasteiger partial charge is 0.481 e. The molecule has 0 rings (SSSR count). The van der Waals surface area contributed by atoms with Crippen LogP contribution in [0.3, 0.4) is 0 Å². The minimum Gasteiger partial charge on any atom is -0.481 e. The van der Waals surface area contributed by atoms with Gasteiger partial charge in [-0.05, 0) is 32.2 Å². The van der Waals surface area contributed by atoms with Gasteiger partial charge in [-0.3, -0.25) is 10.1 Å². The maximum absolute atomic E-state index is 10.4. The number of hydrogen-bond acceptors (Lipinski definition) is 5. The van der Waals surface area contributed by atoms with Crippen molar-refractivity contribution in [3.05, 3.63) is 0 Å². The lowest BCUT2D eigenvalue weighted by molar-refractivity contribution is -0.509. The normalized spacial score (nSPS) is 12.5. The van der Waals surface area contributed by atoms with Gasteiger partial charge in [-0.1, -0.05) is 50.5 Å². The third-order valence-electron chi connectivity index (χ3n) is 3.42. The summed E-state index contributed by atoms with van der Waals surface area (Å²) in [5, 5.41) is 23.8. The zero-order valence-corrected chi connectivity index (χ0v) is 13.2. The molecule has 0 heterocycles. The van der Waals surface area contributed by atoms with Crippen molar-refractivity contribution in [3.8, 4) is 0 Å². The molecule has 0 aromatic rings. The molecule has 6 nitrogen and oxygen atoms in total. The van der Waals surface area contributed by atoms with Crippen LogP contribution in [0.2, 0.25) is 0 Å². The Kier molecular flexibility index (Phi) is 15.2. The van der Waals surface area contributed by atoms with Crippen LogP contribution in [-0.2, 0) is 14.7 Å². The quantitative estimate of drug-likeness (QED) is 0.174. The molecule has 0 amide bonds. The zero-order valence-electron chi connectivity index (χ0n) is 13.2. The summed E-state index contributed by atoms with van der Waals surface area (Å²) in [5.41, 5.74) is 0. The van der Waals surface area contributed by atoms with E-state index in [4.69, 9.17) is 15.3 Å². The fraction of sp³-hybridized carbons (Fsp3) is 0.933. The molecule has 0 aromatic heterocycles. The Morgan fingerprint density at radius 1 is 1.05 bits per heavy atom. The van der Waals surface area contributed by atoms with Crippen LogP contribution in [0.15, 0.2) is 0 Å². The van der Waals surface area contributed by atoms with Crippen LogP contribution in [-0.4, -0.2) is 29.1 Å². The lowest BCUT2D eigenvalue weighted by atomic mass is 10.1. The van der Waals surface area contributed by atoms with Crippen LogP contribution in [0.1, 0.15) is 77.6 Å². The van der Waals surface area contributed by atoms with Crippen LogP contribution in [0.25, 0.3) is 0 Å². The molecule has 0 fully saturated rings. The molecule has 0 aliphatic heterocycles. The molecule has 0 radical (unpaired) electrons. The van der Waals surface area contributed by atoms with E-state index in [1.54, 1.807) is 0 Å². The Bertz CT molecular complexity index is 238. The summed E-state index contributed by atoms with van der Waals surface area (Å²) in [6.07, 6.45) is 10.4. The highest BCUT2D eigenvalue weighted by molar-refractivity contribution is 5.66. The first-order valence-corrected chi connectivity index (χ1v) is 8.12. The minimum absolute atomic E-state index is 0.157. The molecule has 0 saturated heterocycles. The van der Waals surface area contributed by atoms with E-state index in [0.717, 1.165) is 13.0 Å². The van der Waals surface area contributed by atoms with Crippen molar-refractivity contribution in [2.45, 2.75) is 83.8 Å². The van der Waals surface area contributed by atoms with Gasteiger partial charge in [0.2, 0.25) is 0 Å². The van der Waals surface area contributed by atoms with E-state index >= 15 is 0 Å². The summed E-state index contributed by atoms with van der Waals surface area (Å²) in [4.78, 5) is 15.1. The van der Waals surface area contributed by atoms with E-state index in [2.05, 4.69) is 17.3 Å². The number of carboxylic acid groups (broad SMARTS) is 1. The maximum atomic E-state index is 10.4. The average Bonchev–Trinajstić information content (AvgIpc) is 2.46. The van der Waals surface area contributed by atoms with Crippen LogP contribution in [0.5, 0.6) is 0 Å². The first-order valence-electron chi connectivity index (χ1n) is 8.12. The minimum atomic E-state index is -0.790. The van der Waals surface area contributed by atoms with Gasteiger partial charge in [-0.25, -0.2) is 5.26 Å². The highest BCUT2D eigenvalue weighted by Crippen LogP contribution is 2.08. The Labute approximate surface area is 127 Å². The first kappa shape index (κ1) is 20.3. The lowest BCUT2D eigenvalue weighted by Gasteiger charge is -2.15. The van der Waals surface area contributed by atoms with Gasteiger partial charge in [-0.15, -0.1) is 0 Å². The van der Waals surface area contributed by atoms with Crippen molar-refractivity contribution in [1.29, 1.82) is 0 Å². The van der Waals surface area contributed by atoms with Gasteiger partial charge in [0.25, 0.3) is 0 Å². The number of rotatable bonds is 16. The molecule has 0 aliphatic carbocycles. The molecule has 0 bridgehead atoms. The van der Waals surface area contributed by atoms with E-state index in [1.165, 1.54) is 38.5 Å². The van der Waals surface area contributed by atoms with Crippen LogP contribution in [0.4, 0.5) is 0 Å². The van der Waals surface area contributed by atoms with E-state index in [9.17, 15) is 4.79 Å². The van der Waals surface area contributed by atoms with Gasteiger partial charge >= 0.3 is 5.97 Å². The summed E-state index contributed by atoms with van der Waals surface area (Å²) in [6, 6.07) is 0. The van der Waals surface area contributed by atoms with Crippen molar-refractivity contribution >= 4 is 5.97 Å². The molecular weight excluding hydrogens is 274 g/mol. The predicted octanol–water partition coefficient (Wildman–Crippen LogP) is 3.72. The second kappa shape index (κ2) is 15.7. The Balaban J connectivity index is 3.48. The first-order chi connectivity index (χ1) is 10.2. The van der Waals surface area contributed by atoms with Crippen molar-refractivity contribution < 1.29 is 25.1 Å². The molecule has 1 unspecified atom stereocenters. The average molecular weight is 305 g/mol. The van der Waals surface area contributed by atoms with Gasteiger partial charge in [0.1, 0.15) is 6.23 Å². The molecule has 0 aliphatic rings. The number of nitrogens with one attached hydrogen (secondary N) is 1. The van der Waals surface area contributed by atoms with Crippen LogP contribution in [0, 0.1) is 0 Å². The Morgan fingerprint density at radius 3 is 2.33 bits per heavy atom. The molecule has 3 N–H and O–H groups in total.